The summed E-state index contributed by atoms with van der Waals surface area (Å²) in [7, 11) is 0. The zero-order valence-corrected chi connectivity index (χ0v) is 11.5. The first-order chi connectivity index (χ1) is 6.68. The standard InChI is InChI=1S/C12H24S2/c1-4-5-6-7-8-9-10-14-12(13)11(2)3/h11H,4-10H2,1-3H3. The summed E-state index contributed by atoms with van der Waals surface area (Å²) in [6, 6.07) is 0. The Morgan fingerprint density at radius 3 is 2.21 bits per heavy atom. The highest BCUT2D eigenvalue weighted by atomic mass is 32.2. The molecule has 2 heteroatoms. The second-order valence-electron chi connectivity index (χ2n) is 4.09. The summed E-state index contributed by atoms with van der Waals surface area (Å²) < 4.78 is 1.18. The molecule has 0 radical (unpaired) electrons. The molecule has 0 bridgehead atoms. The highest BCUT2D eigenvalue weighted by Crippen LogP contribution is 2.15. The maximum Gasteiger partial charge on any atom is 0.0503 e. The molecule has 0 saturated carbocycles. The Kier molecular flexibility index (Phi) is 10.3. The summed E-state index contributed by atoms with van der Waals surface area (Å²) in [6.45, 7) is 6.62. The van der Waals surface area contributed by atoms with E-state index in [1.54, 1.807) is 0 Å². The van der Waals surface area contributed by atoms with Crippen LogP contribution in [0.4, 0.5) is 0 Å². The van der Waals surface area contributed by atoms with Crippen LogP contribution in [0.3, 0.4) is 0 Å². The highest BCUT2D eigenvalue weighted by molar-refractivity contribution is 8.23. The van der Waals surface area contributed by atoms with Crippen molar-refractivity contribution in [2.24, 2.45) is 5.92 Å². The maximum absolute atomic E-state index is 5.26. The number of thiocarbonyl (C=S) groups is 1. The predicted octanol–water partition coefficient (Wildman–Crippen LogP) is 5.06. The fourth-order valence-electron chi connectivity index (χ4n) is 1.22. The average molecular weight is 232 g/mol. The molecule has 0 heterocycles. The zero-order chi connectivity index (χ0) is 10.8. The van der Waals surface area contributed by atoms with Crippen molar-refractivity contribution in [3.63, 3.8) is 0 Å². The van der Waals surface area contributed by atoms with E-state index < -0.39 is 0 Å². The lowest BCUT2D eigenvalue weighted by Gasteiger charge is -2.06. The Bertz CT molecular complexity index is 141. The molecule has 0 N–H and O–H groups in total. The molecule has 84 valence electrons. The van der Waals surface area contributed by atoms with Gasteiger partial charge in [0.1, 0.15) is 0 Å². The van der Waals surface area contributed by atoms with Crippen molar-refractivity contribution in [1.29, 1.82) is 0 Å². The van der Waals surface area contributed by atoms with Crippen molar-refractivity contribution in [2.45, 2.75) is 59.3 Å². The largest absolute Gasteiger partial charge is 0.119 e. The molecule has 0 unspecified atom stereocenters. The van der Waals surface area contributed by atoms with Gasteiger partial charge in [-0.15, -0.1) is 11.8 Å². The Labute approximate surface area is 99.2 Å². The van der Waals surface area contributed by atoms with E-state index in [-0.39, 0.29) is 0 Å². The molecule has 0 aliphatic heterocycles. The van der Waals surface area contributed by atoms with Gasteiger partial charge in [0.05, 0.1) is 4.20 Å². The average Bonchev–Trinajstić information content (AvgIpc) is 2.16. The second kappa shape index (κ2) is 9.97. The number of hydrogen-bond donors (Lipinski definition) is 0. The van der Waals surface area contributed by atoms with Gasteiger partial charge in [0.2, 0.25) is 0 Å². The van der Waals surface area contributed by atoms with Crippen LogP contribution in [0.2, 0.25) is 0 Å². The van der Waals surface area contributed by atoms with Crippen LogP contribution in [0.15, 0.2) is 0 Å². The molecular formula is C12H24S2. The molecule has 0 fully saturated rings. The summed E-state index contributed by atoms with van der Waals surface area (Å²) >= 11 is 7.14. The topological polar surface area (TPSA) is 0 Å². The molecule has 0 rings (SSSR count). The lowest BCUT2D eigenvalue weighted by molar-refractivity contribution is 0.627. The Hall–Kier alpha value is 0.440. The van der Waals surface area contributed by atoms with E-state index >= 15 is 0 Å². The van der Waals surface area contributed by atoms with Gasteiger partial charge in [0.25, 0.3) is 0 Å². The van der Waals surface area contributed by atoms with Crippen molar-refractivity contribution < 1.29 is 0 Å². The van der Waals surface area contributed by atoms with Gasteiger partial charge in [-0.1, -0.05) is 65.1 Å². The molecule has 0 nitrogen and oxygen atoms in total. The lowest BCUT2D eigenvalue weighted by Crippen LogP contribution is -1.99. The lowest BCUT2D eigenvalue weighted by atomic mass is 10.1. The maximum atomic E-state index is 5.26. The summed E-state index contributed by atoms with van der Waals surface area (Å²) in [5.74, 6) is 1.79. The van der Waals surface area contributed by atoms with E-state index in [9.17, 15) is 0 Å². The number of hydrogen-bond acceptors (Lipinski definition) is 2. The van der Waals surface area contributed by atoms with Crippen LogP contribution in [0.5, 0.6) is 0 Å². The van der Waals surface area contributed by atoms with Gasteiger partial charge in [0.15, 0.2) is 0 Å². The van der Waals surface area contributed by atoms with Crippen LogP contribution in [-0.2, 0) is 0 Å². The molecule has 0 saturated heterocycles. The molecule has 0 aromatic heterocycles. The van der Waals surface area contributed by atoms with Crippen molar-refractivity contribution in [2.75, 3.05) is 5.75 Å². The van der Waals surface area contributed by atoms with Crippen LogP contribution >= 0.6 is 24.0 Å². The van der Waals surface area contributed by atoms with E-state index in [4.69, 9.17) is 12.2 Å². The monoisotopic (exact) mass is 232 g/mol. The van der Waals surface area contributed by atoms with E-state index in [1.807, 2.05) is 11.8 Å². The van der Waals surface area contributed by atoms with E-state index in [0.29, 0.717) is 5.92 Å². The Morgan fingerprint density at radius 1 is 1.07 bits per heavy atom. The number of unbranched alkanes of at least 4 members (excludes halogenated alkanes) is 5. The SMILES string of the molecule is CCCCCCCCSC(=S)C(C)C. The minimum Gasteiger partial charge on any atom is -0.119 e. The highest BCUT2D eigenvalue weighted by Gasteiger charge is 2.01. The van der Waals surface area contributed by atoms with Gasteiger partial charge < -0.3 is 0 Å². The minimum absolute atomic E-state index is 0.565. The predicted molar refractivity (Wildman–Crippen MR) is 73.3 cm³/mol. The fraction of sp³-hybridized carbons (Fsp3) is 0.917. The summed E-state index contributed by atoms with van der Waals surface area (Å²) in [6.07, 6.45) is 8.28. The molecule has 0 spiro atoms. The first-order valence-electron chi connectivity index (χ1n) is 5.85. The van der Waals surface area contributed by atoms with Crippen molar-refractivity contribution in [3.8, 4) is 0 Å². The third kappa shape index (κ3) is 9.01. The molecule has 0 atom stereocenters. The van der Waals surface area contributed by atoms with Gasteiger partial charge >= 0.3 is 0 Å². The summed E-state index contributed by atoms with van der Waals surface area (Å²) in [5.41, 5.74) is 0. The van der Waals surface area contributed by atoms with Crippen molar-refractivity contribution in [1.82, 2.24) is 0 Å². The molecule has 0 aromatic rings. The van der Waals surface area contributed by atoms with E-state index in [1.165, 1.54) is 48.5 Å². The van der Waals surface area contributed by atoms with Gasteiger partial charge in [-0.05, 0) is 18.1 Å². The fourth-order valence-corrected chi connectivity index (χ4v) is 2.35. The zero-order valence-electron chi connectivity index (χ0n) is 9.84. The van der Waals surface area contributed by atoms with Crippen LogP contribution in [0.1, 0.15) is 59.3 Å². The third-order valence-corrected chi connectivity index (χ3v) is 4.29. The molecule has 0 amide bonds. The third-order valence-electron chi connectivity index (χ3n) is 2.21. The molecule has 14 heavy (non-hydrogen) atoms. The normalized spacial score (nSPS) is 10.9. The van der Waals surface area contributed by atoms with Crippen LogP contribution < -0.4 is 0 Å². The van der Waals surface area contributed by atoms with E-state index in [2.05, 4.69) is 20.8 Å². The Balaban J connectivity index is 3.10. The minimum atomic E-state index is 0.565. The molecular weight excluding hydrogens is 208 g/mol. The van der Waals surface area contributed by atoms with Gasteiger partial charge in [-0.3, -0.25) is 0 Å². The van der Waals surface area contributed by atoms with Crippen LogP contribution in [0, 0.1) is 5.92 Å². The smallest absolute Gasteiger partial charge is 0.0503 e. The quantitative estimate of drug-likeness (QED) is 0.423. The molecule has 0 aliphatic carbocycles. The van der Waals surface area contributed by atoms with Gasteiger partial charge in [0, 0.05) is 0 Å². The molecule has 0 aromatic carbocycles. The van der Waals surface area contributed by atoms with Gasteiger partial charge in [-0.2, -0.15) is 0 Å². The Morgan fingerprint density at radius 2 is 1.64 bits per heavy atom. The van der Waals surface area contributed by atoms with Gasteiger partial charge in [-0.25, -0.2) is 0 Å². The first kappa shape index (κ1) is 14.4. The second-order valence-corrected chi connectivity index (χ2v) is 5.92. The van der Waals surface area contributed by atoms with Crippen molar-refractivity contribution in [3.05, 3.63) is 0 Å². The number of rotatable bonds is 8. The van der Waals surface area contributed by atoms with Crippen LogP contribution in [0.25, 0.3) is 0 Å². The molecule has 0 aliphatic rings. The summed E-state index contributed by atoms with van der Waals surface area (Å²) in [5, 5.41) is 0. The summed E-state index contributed by atoms with van der Waals surface area (Å²) in [4.78, 5) is 0. The number of thioether (sulfide) groups is 1. The van der Waals surface area contributed by atoms with Crippen molar-refractivity contribution >= 4 is 28.2 Å². The van der Waals surface area contributed by atoms with E-state index in [0.717, 1.165) is 0 Å². The first-order valence-corrected chi connectivity index (χ1v) is 7.24. The van der Waals surface area contributed by atoms with Crippen LogP contribution in [-0.4, -0.2) is 9.95 Å².